The largest absolute Gasteiger partial charge is 0.452 e. The van der Waals surface area contributed by atoms with Crippen molar-refractivity contribution >= 4 is 27.5 Å². The summed E-state index contributed by atoms with van der Waals surface area (Å²) >= 11 is 0. The molecule has 3 aliphatic heterocycles. The molecular weight excluding hydrogens is 298 g/mol. The van der Waals surface area contributed by atoms with Gasteiger partial charge < -0.3 is 9.32 Å². The number of fused-ring (bicyclic) bond motifs is 6. The van der Waals surface area contributed by atoms with Crippen LogP contribution in [0.2, 0.25) is 0 Å². The second kappa shape index (κ2) is 5.45. The summed E-state index contributed by atoms with van der Waals surface area (Å²) in [4.78, 5) is 15.3. The Balaban J connectivity index is 1.46. The van der Waals surface area contributed by atoms with Gasteiger partial charge in [0, 0.05) is 23.7 Å². The van der Waals surface area contributed by atoms with E-state index in [0.717, 1.165) is 34.2 Å². The quantitative estimate of drug-likeness (QED) is 0.666. The van der Waals surface area contributed by atoms with Crippen LogP contribution in [0.5, 0.6) is 0 Å². The molecule has 1 aromatic heterocycles. The van der Waals surface area contributed by atoms with Gasteiger partial charge in [0.15, 0.2) is 11.5 Å². The summed E-state index contributed by atoms with van der Waals surface area (Å²) in [5, 5.41) is 3.25. The minimum Gasteiger partial charge on any atom is -0.452 e. The molecule has 3 heteroatoms. The third-order valence-electron chi connectivity index (χ3n) is 5.92. The minimum absolute atomic E-state index is 0.161. The number of nitrogens with zero attached hydrogens (tertiary/aromatic N) is 1. The molecule has 3 nitrogen and oxygen atoms in total. The standard InChI is InChI=1S/C21H21NO2/c23-19(11-17-13-22-9-7-14(17)8-10-22)20-12-16-6-5-15-3-1-2-4-18(15)21(16)24-20/h1-6,12,14,17H,7-11,13H2/t17-/m1/s1. The van der Waals surface area contributed by atoms with Crippen LogP contribution in [0.15, 0.2) is 46.9 Å². The van der Waals surface area contributed by atoms with Crippen LogP contribution in [0.1, 0.15) is 29.8 Å². The molecule has 122 valence electrons. The number of Topliss-reactive ketones (excluding diaryl/α,β-unsaturated/α-hetero) is 1. The maximum Gasteiger partial charge on any atom is 0.198 e. The lowest BCUT2D eigenvalue weighted by Crippen LogP contribution is -2.47. The normalized spacial score (nSPS) is 26.2. The number of hydrogen-bond donors (Lipinski definition) is 0. The van der Waals surface area contributed by atoms with Gasteiger partial charge in [0.2, 0.25) is 0 Å². The van der Waals surface area contributed by atoms with Gasteiger partial charge in [0.05, 0.1) is 0 Å². The average Bonchev–Trinajstić information content (AvgIpc) is 3.08. The van der Waals surface area contributed by atoms with E-state index in [1.54, 1.807) is 0 Å². The van der Waals surface area contributed by atoms with Crippen molar-refractivity contribution in [3.63, 3.8) is 0 Å². The van der Waals surface area contributed by atoms with Crippen molar-refractivity contribution in [2.45, 2.75) is 19.3 Å². The third kappa shape index (κ3) is 2.27. The number of furan rings is 1. The molecule has 6 rings (SSSR count). The highest BCUT2D eigenvalue weighted by atomic mass is 16.3. The van der Waals surface area contributed by atoms with Crippen LogP contribution in [0.25, 0.3) is 21.7 Å². The molecule has 0 aliphatic carbocycles. The highest BCUT2D eigenvalue weighted by molar-refractivity contribution is 6.07. The van der Waals surface area contributed by atoms with Gasteiger partial charge in [-0.2, -0.15) is 0 Å². The van der Waals surface area contributed by atoms with Crippen molar-refractivity contribution in [2.75, 3.05) is 19.6 Å². The number of rotatable bonds is 3. The number of carbonyl (C=O) groups excluding carboxylic acids is 1. The maximum absolute atomic E-state index is 12.8. The summed E-state index contributed by atoms with van der Waals surface area (Å²) in [7, 11) is 0. The molecule has 0 saturated carbocycles. The molecule has 3 fully saturated rings. The molecule has 0 unspecified atom stereocenters. The Morgan fingerprint density at radius 2 is 1.88 bits per heavy atom. The van der Waals surface area contributed by atoms with Crippen molar-refractivity contribution in [3.8, 4) is 0 Å². The Hall–Kier alpha value is -2.13. The minimum atomic E-state index is 0.161. The van der Waals surface area contributed by atoms with E-state index in [9.17, 15) is 4.79 Å². The fraction of sp³-hybridized carbons (Fsp3) is 0.381. The number of benzene rings is 2. The van der Waals surface area contributed by atoms with E-state index in [4.69, 9.17) is 4.42 Å². The zero-order valence-electron chi connectivity index (χ0n) is 13.7. The first kappa shape index (κ1) is 14.2. The summed E-state index contributed by atoms with van der Waals surface area (Å²) < 4.78 is 6.00. The first-order valence-corrected chi connectivity index (χ1v) is 8.95. The Morgan fingerprint density at radius 3 is 2.67 bits per heavy atom. The van der Waals surface area contributed by atoms with Crippen molar-refractivity contribution in [3.05, 3.63) is 48.2 Å². The summed E-state index contributed by atoms with van der Waals surface area (Å²) in [6.45, 7) is 3.51. The summed E-state index contributed by atoms with van der Waals surface area (Å²) in [5.74, 6) is 1.92. The van der Waals surface area contributed by atoms with Gasteiger partial charge in [0.1, 0.15) is 5.58 Å². The van der Waals surface area contributed by atoms with Crippen molar-refractivity contribution in [2.24, 2.45) is 11.8 Å². The lowest BCUT2D eigenvalue weighted by Gasteiger charge is -2.44. The van der Waals surface area contributed by atoms with Gasteiger partial charge >= 0.3 is 0 Å². The lowest BCUT2D eigenvalue weighted by atomic mass is 9.76. The van der Waals surface area contributed by atoms with Gasteiger partial charge in [-0.25, -0.2) is 0 Å². The zero-order valence-corrected chi connectivity index (χ0v) is 13.7. The van der Waals surface area contributed by atoms with Crippen LogP contribution >= 0.6 is 0 Å². The first-order valence-electron chi connectivity index (χ1n) is 8.95. The monoisotopic (exact) mass is 319 g/mol. The predicted molar refractivity (Wildman–Crippen MR) is 95.3 cm³/mol. The van der Waals surface area contributed by atoms with Crippen molar-refractivity contribution < 1.29 is 9.21 Å². The molecule has 24 heavy (non-hydrogen) atoms. The second-order valence-electron chi connectivity index (χ2n) is 7.34. The smallest absolute Gasteiger partial charge is 0.198 e. The lowest BCUT2D eigenvalue weighted by molar-refractivity contribution is 0.0433. The van der Waals surface area contributed by atoms with Crippen LogP contribution in [0.3, 0.4) is 0 Å². The van der Waals surface area contributed by atoms with Gasteiger partial charge in [-0.15, -0.1) is 0 Å². The van der Waals surface area contributed by atoms with E-state index in [-0.39, 0.29) is 5.78 Å². The SMILES string of the molecule is O=C(C[C@@H]1CN2CCC1CC2)c1cc2ccc3ccccc3c2o1. The van der Waals surface area contributed by atoms with Crippen LogP contribution in [-0.4, -0.2) is 30.3 Å². The van der Waals surface area contributed by atoms with Gasteiger partial charge in [-0.1, -0.05) is 36.4 Å². The molecule has 3 aliphatic rings. The second-order valence-corrected chi connectivity index (χ2v) is 7.34. The molecule has 3 saturated heterocycles. The topological polar surface area (TPSA) is 33.5 Å². The highest BCUT2D eigenvalue weighted by Crippen LogP contribution is 2.36. The first-order chi connectivity index (χ1) is 11.8. The Morgan fingerprint density at radius 1 is 1.08 bits per heavy atom. The predicted octanol–water partition coefficient (Wildman–Crippen LogP) is 4.50. The van der Waals surface area contributed by atoms with Crippen LogP contribution in [0, 0.1) is 11.8 Å². The molecule has 2 aromatic carbocycles. The van der Waals surface area contributed by atoms with Gasteiger partial charge in [-0.05, 0) is 49.2 Å². The Labute approximate surface area is 141 Å². The Kier molecular flexibility index (Phi) is 3.23. The fourth-order valence-electron chi connectivity index (χ4n) is 4.56. The van der Waals surface area contributed by atoms with E-state index in [1.165, 1.54) is 25.9 Å². The number of ketones is 1. The van der Waals surface area contributed by atoms with Gasteiger partial charge in [0.25, 0.3) is 0 Å². The summed E-state index contributed by atoms with van der Waals surface area (Å²) in [5.41, 5.74) is 0.838. The fourth-order valence-corrected chi connectivity index (χ4v) is 4.56. The maximum atomic E-state index is 12.8. The molecule has 3 aromatic rings. The van der Waals surface area contributed by atoms with E-state index >= 15 is 0 Å². The van der Waals surface area contributed by atoms with Crippen molar-refractivity contribution in [1.29, 1.82) is 0 Å². The zero-order chi connectivity index (χ0) is 16.1. The molecule has 1 atom stereocenters. The molecule has 0 spiro atoms. The number of piperidine rings is 3. The average molecular weight is 319 g/mol. The Bertz CT molecular complexity index is 918. The molecular formula is C21H21NO2. The van der Waals surface area contributed by atoms with E-state index in [2.05, 4.69) is 23.1 Å². The molecule has 4 heterocycles. The summed E-state index contributed by atoms with van der Waals surface area (Å²) in [6, 6.07) is 14.2. The number of hydrogen-bond acceptors (Lipinski definition) is 3. The third-order valence-corrected chi connectivity index (χ3v) is 5.92. The molecule has 0 amide bonds. The highest BCUT2D eigenvalue weighted by Gasteiger charge is 2.35. The van der Waals surface area contributed by atoms with E-state index < -0.39 is 0 Å². The number of carbonyl (C=O) groups is 1. The van der Waals surface area contributed by atoms with Crippen LogP contribution in [0.4, 0.5) is 0 Å². The van der Waals surface area contributed by atoms with Gasteiger partial charge in [-0.3, -0.25) is 4.79 Å². The van der Waals surface area contributed by atoms with Crippen molar-refractivity contribution in [1.82, 2.24) is 4.90 Å². The van der Waals surface area contributed by atoms with Crippen LogP contribution < -0.4 is 0 Å². The summed E-state index contributed by atoms with van der Waals surface area (Å²) in [6.07, 6.45) is 3.13. The molecule has 0 N–H and O–H groups in total. The molecule has 0 radical (unpaired) electrons. The molecule has 2 bridgehead atoms. The van der Waals surface area contributed by atoms with E-state index in [1.807, 2.05) is 24.3 Å². The van der Waals surface area contributed by atoms with Crippen LogP contribution in [-0.2, 0) is 0 Å². The van der Waals surface area contributed by atoms with E-state index in [0.29, 0.717) is 18.1 Å².